The Morgan fingerprint density at radius 3 is 2.69 bits per heavy atom. The van der Waals surface area contributed by atoms with Crippen molar-refractivity contribution in [3.63, 3.8) is 0 Å². The molecule has 1 N–H and O–H groups in total. The zero-order valence-corrected chi connectivity index (χ0v) is 24.2. The Kier molecular flexibility index (Phi) is 10.4. The third-order valence-electron chi connectivity index (χ3n) is 6.20. The second-order valence-corrected chi connectivity index (χ2v) is 10.3. The number of methoxy groups -OCH3 is 2. The summed E-state index contributed by atoms with van der Waals surface area (Å²) in [5.41, 5.74) is 4.48. The maximum atomic E-state index is 6.64. The predicted molar refractivity (Wildman–Crippen MR) is 160 cm³/mol. The van der Waals surface area contributed by atoms with Crippen molar-refractivity contribution in [3.8, 4) is 27.6 Å². The van der Waals surface area contributed by atoms with Crippen LogP contribution in [0.5, 0.6) is 5.75 Å². The highest BCUT2D eigenvalue weighted by atomic mass is 35.5. The van der Waals surface area contributed by atoms with Crippen molar-refractivity contribution >= 4 is 52.7 Å². The Balaban J connectivity index is 0.00000353. The van der Waals surface area contributed by atoms with Gasteiger partial charge in [-0.25, -0.2) is 15.0 Å². The van der Waals surface area contributed by atoms with Crippen molar-refractivity contribution in [2.45, 2.75) is 12.8 Å². The van der Waals surface area contributed by atoms with Gasteiger partial charge in [0.15, 0.2) is 0 Å². The van der Waals surface area contributed by atoms with E-state index >= 15 is 0 Å². The smallest absolute Gasteiger partial charge is 0.227 e. The molecule has 1 aliphatic rings. The van der Waals surface area contributed by atoms with Gasteiger partial charge in [0.25, 0.3) is 0 Å². The van der Waals surface area contributed by atoms with Crippen LogP contribution in [0.3, 0.4) is 0 Å². The molecular weight excluding hydrogens is 557 g/mol. The lowest BCUT2D eigenvalue weighted by atomic mass is 10.1. The molecule has 0 spiro atoms. The van der Waals surface area contributed by atoms with E-state index in [1.165, 1.54) is 0 Å². The minimum atomic E-state index is 0. The molecule has 39 heavy (non-hydrogen) atoms. The van der Waals surface area contributed by atoms with Gasteiger partial charge in [0.2, 0.25) is 5.95 Å². The fourth-order valence-corrected chi connectivity index (χ4v) is 5.70. The van der Waals surface area contributed by atoms with Gasteiger partial charge in [-0.05, 0) is 42.8 Å². The average Bonchev–Trinajstić information content (AvgIpc) is 3.38. The van der Waals surface area contributed by atoms with Crippen LogP contribution in [0.4, 0.5) is 17.3 Å². The van der Waals surface area contributed by atoms with Gasteiger partial charge in [0, 0.05) is 50.7 Å². The Bertz CT molecular complexity index is 1380. The van der Waals surface area contributed by atoms with Gasteiger partial charge in [0.1, 0.15) is 5.75 Å². The van der Waals surface area contributed by atoms with Crippen LogP contribution in [0.2, 0.25) is 5.02 Å². The first-order valence-electron chi connectivity index (χ1n) is 12.5. The molecule has 0 aliphatic carbocycles. The van der Waals surface area contributed by atoms with Gasteiger partial charge in [-0.15, -0.1) is 23.7 Å². The minimum absolute atomic E-state index is 0. The Morgan fingerprint density at radius 1 is 1.08 bits per heavy atom. The highest BCUT2D eigenvalue weighted by Gasteiger charge is 2.18. The number of nitrogens with zero attached hydrogens (tertiary/aromatic N) is 4. The van der Waals surface area contributed by atoms with Gasteiger partial charge in [-0.3, -0.25) is 0 Å². The van der Waals surface area contributed by atoms with Crippen LogP contribution in [-0.4, -0.2) is 62.1 Å². The summed E-state index contributed by atoms with van der Waals surface area (Å²) in [6.45, 7) is 3.77. The number of rotatable bonds is 10. The fraction of sp³-hybridized carbons (Fsp3) is 0.321. The molecular formula is C28H31Cl2N5O3S. The largest absolute Gasteiger partial charge is 0.497 e. The molecule has 1 fully saturated rings. The SMILES string of the molecule is COCCCc1nc(-c2cccc(OC)c2)c(-c2ccnc(Nc3ccc(N4CCOCC4)c(Cl)c3)n2)s1.Cl. The summed E-state index contributed by atoms with van der Waals surface area (Å²) in [5.74, 6) is 1.27. The van der Waals surface area contributed by atoms with Crippen molar-refractivity contribution in [2.24, 2.45) is 0 Å². The lowest BCUT2D eigenvalue weighted by Crippen LogP contribution is -2.36. The molecule has 0 amide bonds. The Morgan fingerprint density at radius 2 is 1.92 bits per heavy atom. The first-order valence-corrected chi connectivity index (χ1v) is 13.7. The van der Waals surface area contributed by atoms with Crippen LogP contribution in [0, 0.1) is 0 Å². The van der Waals surface area contributed by atoms with E-state index in [4.69, 9.17) is 35.8 Å². The van der Waals surface area contributed by atoms with E-state index < -0.39 is 0 Å². The lowest BCUT2D eigenvalue weighted by Gasteiger charge is -2.29. The Labute approximate surface area is 243 Å². The van der Waals surface area contributed by atoms with E-state index in [1.807, 2.05) is 48.5 Å². The summed E-state index contributed by atoms with van der Waals surface area (Å²) in [6, 6.07) is 15.8. The summed E-state index contributed by atoms with van der Waals surface area (Å²) in [4.78, 5) is 17.5. The van der Waals surface area contributed by atoms with Crippen LogP contribution in [0.1, 0.15) is 11.4 Å². The topological polar surface area (TPSA) is 81.6 Å². The molecule has 1 saturated heterocycles. The number of hydrogen-bond donors (Lipinski definition) is 1. The molecule has 1 aliphatic heterocycles. The number of nitrogens with one attached hydrogen (secondary N) is 1. The second kappa shape index (κ2) is 13.9. The molecule has 2 aromatic carbocycles. The number of aryl methyl sites for hydroxylation is 1. The number of morpholine rings is 1. The summed E-state index contributed by atoms with van der Waals surface area (Å²) in [5, 5.41) is 5.02. The molecule has 4 aromatic rings. The Hall–Kier alpha value is -2.95. The standard InChI is InChI=1S/C28H30ClN5O3S.ClH/c1-35-14-4-7-25-33-26(19-5-3-6-21(17-19)36-2)27(38-25)23-10-11-30-28(32-23)31-20-8-9-24(22(29)18-20)34-12-15-37-16-13-34;/h3,5-6,8-11,17-18H,4,7,12-16H2,1-2H3,(H,30,31,32);1H. The van der Waals surface area contributed by atoms with Crippen molar-refractivity contribution in [1.29, 1.82) is 0 Å². The summed E-state index contributed by atoms with van der Waals surface area (Å²) >= 11 is 8.28. The van der Waals surface area contributed by atoms with Crippen molar-refractivity contribution < 1.29 is 14.2 Å². The van der Waals surface area contributed by atoms with Crippen LogP contribution in [-0.2, 0) is 15.9 Å². The quantitative estimate of drug-likeness (QED) is 0.210. The zero-order chi connectivity index (χ0) is 26.3. The molecule has 2 aromatic heterocycles. The van der Waals surface area contributed by atoms with Gasteiger partial charge in [-0.2, -0.15) is 0 Å². The highest BCUT2D eigenvalue weighted by molar-refractivity contribution is 7.15. The van der Waals surface area contributed by atoms with Crippen LogP contribution >= 0.6 is 35.3 Å². The monoisotopic (exact) mass is 587 g/mol. The number of ether oxygens (including phenoxy) is 3. The van der Waals surface area contributed by atoms with Gasteiger partial charge < -0.3 is 24.4 Å². The van der Waals surface area contributed by atoms with E-state index in [0.29, 0.717) is 30.8 Å². The molecule has 5 rings (SSSR count). The zero-order valence-electron chi connectivity index (χ0n) is 21.9. The number of thiazole rings is 1. The molecule has 206 valence electrons. The van der Waals surface area contributed by atoms with Gasteiger partial charge in [0.05, 0.1) is 52.3 Å². The van der Waals surface area contributed by atoms with Crippen LogP contribution < -0.4 is 15.0 Å². The molecule has 0 unspecified atom stereocenters. The van der Waals surface area contributed by atoms with Gasteiger partial charge >= 0.3 is 0 Å². The third-order valence-corrected chi connectivity index (χ3v) is 7.64. The molecule has 8 nitrogen and oxygen atoms in total. The number of anilines is 3. The second-order valence-electron chi connectivity index (χ2n) is 8.77. The van der Waals surface area contributed by atoms with E-state index in [9.17, 15) is 0 Å². The maximum absolute atomic E-state index is 6.64. The van der Waals surface area contributed by atoms with Crippen molar-refractivity contribution in [1.82, 2.24) is 15.0 Å². The summed E-state index contributed by atoms with van der Waals surface area (Å²) in [6.07, 6.45) is 3.49. The first-order chi connectivity index (χ1) is 18.6. The van der Waals surface area contributed by atoms with E-state index in [1.54, 1.807) is 31.8 Å². The number of halogens is 2. The molecule has 0 radical (unpaired) electrons. The van der Waals surface area contributed by atoms with Crippen molar-refractivity contribution in [2.75, 3.05) is 57.3 Å². The van der Waals surface area contributed by atoms with Crippen LogP contribution in [0.25, 0.3) is 21.8 Å². The van der Waals surface area contributed by atoms with E-state index in [-0.39, 0.29) is 12.4 Å². The molecule has 0 atom stereocenters. The van der Waals surface area contributed by atoms with E-state index in [0.717, 1.165) is 69.9 Å². The lowest BCUT2D eigenvalue weighted by molar-refractivity contribution is 0.122. The highest BCUT2D eigenvalue weighted by Crippen LogP contribution is 2.38. The molecule has 0 bridgehead atoms. The fourth-order valence-electron chi connectivity index (χ4n) is 4.30. The number of hydrogen-bond acceptors (Lipinski definition) is 9. The van der Waals surface area contributed by atoms with Crippen molar-refractivity contribution in [3.05, 3.63) is 64.8 Å². The summed E-state index contributed by atoms with van der Waals surface area (Å²) in [7, 11) is 3.38. The molecule has 3 heterocycles. The van der Waals surface area contributed by atoms with Gasteiger partial charge in [-0.1, -0.05) is 23.7 Å². The third kappa shape index (κ3) is 7.17. The number of aromatic nitrogens is 3. The maximum Gasteiger partial charge on any atom is 0.227 e. The normalized spacial score (nSPS) is 13.2. The summed E-state index contributed by atoms with van der Waals surface area (Å²) < 4.78 is 16.1. The molecule has 11 heteroatoms. The van der Waals surface area contributed by atoms with Crippen LogP contribution in [0.15, 0.2) is 54.7 Å². The average molecular weight is 589 g/mol. The molecule has 0 saturated carbocycles. The predicted octanol–water partition coefficient (Wildman–Crippen LogP) is 6.51. The number of benzene rings is 2. The van der Waals surface area contributed by atoms with E-state index in [2.05, 4.69) is 15.2 Å². The first kappa shape index (κ1) is 29.0. The minimum Gasteiger partial charge on any atom is -0.497 e.